The number of hydrogen-bond acceptors (Lipinski definition) is 4. The van der Waals surface area contributed by atoms with E-state index in [1.54, 1.807) is 0 Å². The second kappa shape index (κ2) is 7.77. The van der Waals surface area contributed by atoms with E-state index < -0.39 is 0 Å². The molecule has 18 heavy (non-hydrogen) atoms. The van der Waals surface area contributed by atoms with Gasteiger partial charge in [0.05, 0.1) is 5.69 Å². The van der Waals surface area contributed by atoms with Gasteiger partial charge in [0, 0.05) is 31.1 Å². The Hall–Kier alpha value is -0.580. The van der Waals surface area contributed by atoms with Crippen molar-refractivity contribution in [2.45, 2.75) is 31.7 Å². The van der Waals surface area contributed by atoms with E-state index in [4.69, 9.17) is 5.11 Å². The zero-order valence-electron chi connectivity index (χ0n) is 10.8. The summed E-state index contributed by atoms with van der Waals surface area (Å²) in [5, 5.41) is 12.3. The molecule has 2 rings (SSSR count). The number of fused-ring (bicyclic) bond motifs is 1. The van der Waals surface area contributed by atoms with Crippen molar-refractivity contribution in [1.29, 1.82) is 0 Å². The van der Waals surface area contributed by atoms with Gasteiger partial charge in [0.25, 0.3) is 0 Å². The molecule has 1 heterocycles. The third-order valence-corrected chi connectivity index (χ3v) is 4.35. The van der Waals surface area contributed by atoms with E-state index in [9.17, 15) is 0 Å². The number of hydrogen-bond donors (Lipinski definition) is 2. The molecule has 0 aliphatic heterocycles. The van der Waals surface area contributed by atoms with E-state index in [1.165, 1.54) is 30.5 Å². The van der Waals surface area contributed by atoms with Crippen LogP contribution in [0.1, 0.15) is 36.6 Å². The van der Waals surface area contributed by atoms with Gasteiger partial charge in [0.15, 0.2) is 0 Å². The maximum Gasteiger partial charge on any atom is 0.0605 e. The molecule has 0 fully saturated rings. The van der Waals surface area contributed by atoms with Gasteiger partial charge in [0.2, 0.25) is 0 Å². The van der Waals surface area contributed by atoms with Crippen LogP contribution < -0.4 is 5.32 Å². The standard InChI is InChI=1S/C14H22N2OS/c17-9-3-10-18-11-8-15-13-6-1-4-12-5-2-7-16-14(12)13/h2,5,7,13,15,17H,1,3-4,6,8-11H2. The Labute approximate surface area is 113 Å². The molecule has 0 amide bonds. The van der Waals surface area contributed by atoms with Crippen LogP contribution in [-0.4, -0.2) is 34.7 Å². The molecule has 1 aliphatic rings. The number of rotatable bonds is 7. The summed E-state index contributed by atoms with van der Waals surface area (Å²) in [6.45, 7) is 1.33. The Kier molecular flexibility index (Phi) is 5.97. The lowest BCUT2D eigenvalue weighted by Crippen LogP contribution is -2.28. The molecule has 0 radical (unpaired) electrons. The van der Waals surface area contributed by atoms with Crippen LogP contribution in [-0.2, 0) is 6.42 Å². The molecule has 3 nitrogen and oxygen atoms in total. The minimum absolute atomic E-state index is 0.306. The van der Waals surface area contributed by atoms with Crippen molar-refractivity contribution in [2.75, 3.05) is 24.7 Å². The van der Waals surface area contributed by atoms with Crippen molar-refractivity contribution in [1.82, 2.24) is 10.3 Å². The Morgan fingerprint density at radius 3 is 3.28 bits per heavy atom. The predicted molar refractivity (Wildman–Crippen MR) is 76.9 cm³/mol. The predicted octanol–water partition coefficient (Wildman–Crippen LogP) is 2.16. The van der Waals surface area contributed by atoms with Crippen LogP contribution in [0, 0.1) is 0 Å². The third-order valence-electron chi connectivity index (χ3n) is 3.28. The van der Waals surface area contributed by atoms with Gasteiger partial charge in [-0.3, -0.25) is 4.98 Å². The first-order valence-corrected chi connectivity index (χ1v) is 7.93. The number of aliphatic hydroxyl groups excluding tert-OH is 1. The molecule has 0 saturated carbocycles. The summed E-state index contributed by atoms with van der Waals surface area (Å²) in [4.78, 5) is 4.53. The number of aliphatic hydroxyl groups is 1. The minimum Gasteiger partial charge on any atom is -0.396 e. The first-order valence-electron chi connectivity index (χ1n) is 6.77. The molecule has 0 saturated heterocycles. The number of nitrogens with one attached hydrogen (secondary N) is 1. The molecule has 1 aromatic heterocycles. The van der Waals surface area contributed by atoms with E-state index >= 15 is 0 Å². The van der Waals surface area contributed by atoms with E-state index in [1.807, 2.05) is 24.0 Å². The fourth-order valence-corrected chi connectivity index (χ4v) is 3.18. The summed E-state index contributed by atoms with van der Waals surface area (Å²) in [7, 11) is 0. The van der Waals surface area contributed by atoms with Crippen molar-refractivity contribution >= 4 is 11.8 Å². The largest absolute Gasteiger partial charge is 0.396 e. The average Bonchev–Trinajstić information content (AvgIpc) is 2.43. The third kappa shape index (κ3) is 3.97. The van der Waals surface area contributed by atoms with Gasteiger partial charge < -0.3 is 10.4 Å². The van der Waals surface area contributed by atoms with E-state index in [0.29, 0.717) is 12.6 Å². The lowest BCUT2D eigenvalue weighted by Gasteiger charge is -2.25. The summed E-state index contributed by atoms with van der Waals surface area (Å²) >= 11 is 1.90. The number of nitrogens with zero attached hydrogens (tertiary/aromatic N) is 1. The summed E-state index contributed by atoms with van der Waals surface area (Å²) in [6.07, 6.45) is 6.43. The lowest BCUT2D eigenvalue weighted by molar-refractivity contribution is 0.296. The van der Waals surface area contributed by atoms with Crippen LogP contribution in [0.3, 0.4) is 0 Å². The summed E-state index contributed by atoms with van der Waals surface area (Å²) < 4.78 is 0. The van der Waals surface area contributed by atoms with Crippen LogP contribution in [0.15, 0.2) is 18.3 Å². The van der Waals surface area contributed by atoms with Crippen molar-refractivity contribution in [2.24, 2.45) is 0 Å². The van der Waals surface area contributed by atoms with E-state index in [2.05, 4.69) is 16.4 Å². The highest BCUT2D eigenvalue weighted by Crippen LogP contribution is 2.27. The molecule has 0 spiro atoms. The summed E-state index contributed by atoms with van der Waals surface area (Å²) in [5.41, 5.74) is 2.67. The molecule has 4 heteroatoms. The highest BCUT2D eigenvalue weighted by atomic mass is 32.2. The summed E-state index contributed by atoms with van der Waals surface area (Å²) in [5.74, 6) is 2.16. The Morgan fingerprint density at radius 1 is 1.44 bits per heavy atom. The molecule has 0 bridgehead atoms. The molecule has 1 aliphatic carbocycles. The molecule has 1 aromatic rings. The van der Waals surface area contributed by atoms with Crippen LogP contribution >= 0.6 is 11.8 Å². The van der Waals surface area contributed by atoms with Gasteiger partial charge >= 0.3 is 0 Å². The Morgan fingerprint density at radius 2 is 2.39 bits per heavy atom. The monoisotopic (exact) mass is 266 g/mol. The average molecular weight is 266 g/mol. The number of aryl methyl sites for hydroxylation is 1. The van der Waals surface area contributed by atoms with Gasteiger partial charge in [-0.2, -0.15) is 11.8 Å². The first kappa shape index (κ1) is 13.8. The molecule has 1 unspecified atom stereocenters. The zero-order valence-corrected chi connectivity index (χ0v) is 11.6. The van der Waals surface area contributed by atoms with Crippen LogP contribution in [0.4, 0.5) is 0 Å². The number of aromatic nitrogens is 1. The van der Waals surface area contributed by atoms with Crippen molar-refractivity contribution < 1.29 is 5.11 Å². The second-order valence-electron chi connectivity index (χ2n) is 4.64. The van der Waals surface area contributed by atoms with Crippen molar-refractivity contribution in [3.8, 4) is 0 Å². The molecule has 1 atom stereocenters. The fourth-order valence-electron chi connectivity index (χ4n) is 2.38. The molecule has 2 N–H and O–H groups in total. The van der Waals surface area contributed by atoms with Crippen LogP contribution in [0.5, 0.6) is 0 Å². The topological polar surface area (TPSA) is 45.1 Å². The van der Waals surface area contributed by atoms with Crippen molar-refractivity contribution in [3.05, 3.63) is 29.6 Å². The van der Waals surface area contributed by atoms with Gasteiger partial charge in [-0.15, -0.1) is 0 Å². The zero-order chi connectivity index (χ0) is 12.6. The van der Waals surface area contributed by atoms with Crippen LogP contribution in [0.2, 0.25) is 0 Å². The number of thioether (sulfide) groups is 1. The molecule has 0 aromatic carbocycles. The summed E-state index contributed by atoms with van der Waals surface area (Å²) in [6, 6.07) is 4.67. The van der Waals surface area contributed by atoms with Gasteiger partial charge in [-0.25, -0.2) is 0 Å². The maximum atomic E-state index is 8.70. The van der Waals surface area contributed by atoms with Gasteiger partial charge in [-0.1, -0.05) is 6.07 Å². The number of pyridine rings is 1. The molecular formula is C14H22N2OS. The molecule has 100 valence electrons. The quantitative estimate of drug-likeness (QED) is 0.742. The van der Waals surface area contributed by atoms with Gasteiger partial charge in [-0.05, 0) is 43.1 Å². The van der Waals surface area contributed by atoms with E-state index in [0.717, 1.165) is 24.5 Å². The van der Waals surface area contributed by atoms with E-state index in [-0.39, 0.29) is 0 Å². The highest BCUT2D eigenvalue weighted by Gasteiger charge is 2.20. The maximum absolute atomic E-state index is 8.70. The second-order valence-corrected chi connectivity index (χ2v) is 5.86. The Bertz CT molecular complexity index is 359. The Balaban J connectivity index is 1.74. The fraction of sp³-hybridized carbons (Fsp3) is 0.643. The normalized spacial score (nSPS) is 18.6. The smallest absolute Gasteiger partial charge is 0.0605 e. The molecular weight excluding hydrogens is 244 g/mol. The minimum atomic E-state index is 0.306. The van der Waals surface area contributed by atoms with Crippen LogP contribution in [0.25, 0.3) is 0 Å². The lowest BCUT2D eigenvalue weighted by atomic mass is 9.92. The highest BCUT2D eigenvalue weighted by molar-refractivity contribution is 7.99. The van der Waals surface area contributed by atoms with Crippen molar-refractivity contribution in [3.63, 3.8) is 0 Å². The first-order chi connectivity index (χ1) is 8.92. The van der Waals surface area contributed by atoms with Gasteiger partial charge in [0.1, 0.15) is 0 Å². The SMILES string of the molecule is OCCCSCCNC1CCCc2cccnc21.